The normalized spacial score (nSPS) is 14.2. The highest BCUT2D eigenvalue weighted by atomic mass is 32.2. The van der Waals surface area contributed by atoms with Gasteiger partial charge in [-0.3, -0.25) is 0 Å². The summed E-state index contributed by atoms with van der Waals surface area (Å²) in [7, 11) is -2.93. The largest absolute Gasteiger partial charge is 0.332 e. The third-order valence-corrected chi connectivity index (χ3v) is 2.84. The summed E-state index contributed by atoms with van der Waals surface area (Å²) in [5.74, 6) is 0.114. The van der Waals surface area contributed by atoms with E-state index in [-0.39, 0.29) is 11.8 Å². The number of aryl methyl sites for hydroxylation is 1. The second-order valence-corrected chi connectivity index (χ2v) is 5.69. The Morgan fingerprint density at radius 3 is 2.79 bits per heavy atom. The molecule has 6 heteroatoms. The van der Waals surface area contributed by atoms with Crippen LogP contribution in [-0.2, 0) is 16.4 Å². The lowest BCUT2D eigenvalue weighted by Crippen LogP contribution is -2.16. The zero-order valence-electron chi connectivity index (χ0n) is 8.34. The minimum atomic E-state index is -2.93. The quantitative estimate of drug-likeness (QED) is 0.767. The van der Waals surface area contributed by atoms with Crippen LogP contribution in [0, 0.1) is 0 Å². The van der Waals surface area contributed by atoms with E-state index in [0.29, 0.717) is 6.54 Å². The lowest BCUT2D eigenvalue weighted by molar-refractivity contribution is 0.589. The summed E-state index contributed by atoms with van der Waals surface area (Å²) in [4.78, 5) is 3.93. The van der Waals surface area contributed by atoms with Crippen LogP contribution in [0.5, 0.6) is 0 Å². The van der Waals surface area contributed by atoms with Crippen molar-refractivity contribution in [2.24, 2.45) is 5.73 Å². The maximum atomic E-state index is 10.9. The molecule has 0 unspecified atom stereocenters. The highest BCUT2D eigenvalue weighted by Crippen LogP contribution is 2.08. The van der Waals surface area contributed by atoms with Gasteiger partial charge in [-0.1, -0.05) is 0 Å². The summed E-state index contributed by atoms with van der Waals surface area (Å²) >= 11 is 0. The molecule has 5 nitrogen and oxygen atoms in total. The van der Waals surface area contributed by atoms with Crippen LogP contribution < -0.4 is 5.73 Å². The topological polar surface area (TPSA) is 78.0 Å². The first kappa shape index (κ1) is 11.2. The van der Waals surface area contributed by atoms with Gasteiger partial charge in [0, 0.05) is 25.0 Å². The Morgan fingerprint density at radius 1 is 1.64 bits per heavy atom. The van der Waals surface area contributed by atoms with Crippen LogP contribution in [-0.4, -0.2) is 30.0 Å². The lowest BCUT2D eigenvalue weighted by Gasteiger charge is -2.09. The smallest absolute Gasteiger partial charge is 0.149 e. The van der Waals surface area contributed by atoms with Crippen molar-refractivity contribution in [1.82, 2.24) is 9.55 Å². The van der Waals surface area contributed by atoms with Crippen LogP contribution in [0.3, 0.4) is 0 Å². The Labute approximate surface area is 83.9 Å². The van der Waals surface area contributed by atoms with Crippen molar-refractivity contribution < 1.29 is 8.42 Å². The van der Waals surface area contributed by atoms with E-state index in [1.165, 1.54) is 6.26 Å². The molecular formula is C8H15N3O2S. The van der Waals surface area contributed by atoms with Gasteiger partial charge in [0.1, 0.15) is 9.84 Å². The molecule has 1 aromatic rings. The van der Waals surface area contributed by atoms with Gasteiger partial charge < -0.3 is 10.3 Å². The van der Waals surface area contributed by atoms with E-state index in [0.717, 1.165) is 5.69 Å². The van der Waals surface area contributed by atoms with Gasteiger partial charge in [0.15, 0.2) is 0 Å². The first-order valence-corrected chi connectivity index (χ1v) is 6.39. The van der Waals surface area contributed by atoms with Gasteiger partial charge in [-0.2, -0.15) is 0 Å². The van der Waals surface area contributed by atoms with Crippen LogP contribution in [0.4, 0.5) is 0 Å². The van der Waals surface area contributed by atoms with Crippen molar-refractivity contribution in [3.63, 3.8) is 0 Å². The first-order chi connectivity index (χ1) is 6.40. The van der Waals surface area contributed by atoms with Gasteiger partial charge >= 0.3 is 0 Å². The molecule has 2 N–H and O–H groups in total. The summed E-state index contributed by atoms with van der Waals surface area (Å²) in [6.45, 7) is 2.25. The molecule has 0 radical (unpaired) electrons. The summed E-state index contributed by atoms with van der Waals surface area (Å²) in [5, 5.41) is 0. The van der Waals surface area contributed by atoms with Crippen molar-refractivity contribution in [3.05, 3.63) is 18.2 Å². The second-order valence-electron chi connectivity index (χ2n) is 3.43. The Bertz CT molecular complexity index is 394. The van der Waals surface area contributed by atoms with Crippen molar-refractivity contribution in [2.75, 3.05) is 12.0 Å². The van der Waals surface area contributed by atoms with Crippen LogP contribution in [0.15, 0.2) is 12.5 Å². The molecular weight excluding hydrogens is 202 g/mol. The molecule has 0 aliphatic heterocycles. The highest BCUT2D eigenvalue weighted by molar-refractivity contribution is 7.90. The standard InChI is InChI=1S/C8H15N3O2S/c1-7(9)8-5-10-6-11(8)3-4-14(2,12)13/h5-7H,3-4,9H2,1-2H3/t7-/m0/s1. The molecule has 0 aliphatic rings. The number of hydrogen-bond donors (Lipinski definition) is 1. The number of nitrogens with two attached hydrogens (primary N) is 1. The van der Waals surface area contributed by atoms with Gasteiger partial charge in [0.05, 0.1) is 17.8 Å². The molecule has 1 atom stereocenters. The summed E-state index contributed by atoms with van der Waals surface area (Å²) < 4.78 is 23.7. The molecule has 0 fully saturated rings. The van der Waals surface area contributed by atoms with Crippen LogP contribution in [0.2, 0.25) is 0 Å². The Morgan fingerprint density at radius 2 is 2.29 bits per heavy atom. The molecule has 0 amide bonds. The average molecular weight is 217 g/mol. The number of sulfone groups is 1. The number of aromatic nitrogens is 2. The minimum absolute atomic E-state index is 0.114. The van der Waals surface area contributed by atoms with Gasteiger partial charge in [-0.15, -0.1) is 0 Å². The molecule has 14 heavy (non-hydrogen) atoms. The van der Waals surface area contributed by atoms with Crippen LogP contribution in [0.25, 0.3) is 0 Å². The molecule has 80 valence electrons. The Kier molecular flexibility index (Phi) is 3.28. The maximum absolute atomic E-state index is 10.9. The Hall–Kier alpha value is -0.880. The monoisotopic (exact) mass is 217 g/mol. The van der Waals surface area contributed by atoms with Gasteiger partial charge in [0.2, 0.25) is 0 Å². The molecule has 0 bridgehead atoms. The van der Waals surface area contributed by atoms with Crippen LogP contribution >= 0.6 is 0 Å². The van der Waals surface area contributed by atoms with E-state index in [2.05, 4.69) is 4.98 Å². The van der Waals surface area contributed by atoms with E-state index in [1.807, 2.05) is 6.92 Å². The molecule has 0 saturated heterocycles. The molecule has 1 heterocycles. The predicted octanol–water partition coefficient (Wildman–Crippen LogP) is -0.0526. The van der Waals surface area contributed by atoms with Crippen molar-refractivity contribution in [2.45, 2.75) is 19.5 Å². The second kappa shape index (κ2) is 4.10. The molecule has 0 spiro atoms. The average Bonchev–Trinajstić information content (AvgIpc) is 2.46. The summed E-state index contributed by atoms with van der Waals surface area (Å²) in [6, 6.07) is -0.128. The number of rotatable bonds is 4. The minimum Gasteiger partial charge on any atom is -0.332 e. The van der Waals surface area contributed by atoms with Crippen molar-refractivity contribution in [1.29, 1.82) is 0 Å². The number of hydrogen-bond acceptors (Lipinski definition) is 4. The molecule has 0 aromatic carbocycles. The van der Waals surface area contributed by atoms with Gasteiger partial charge in [-0.05, 0) is 6.92 Å². The highest BCUT2D eigenvalue weighted by Gasteiger charge is 2.08. The molecule has 0 aliphatic carbocycles. The molecule has 1 rings (SSSR count). The fraction of sp³-hybridized carbons (Fsp3) is 0.625. The number of imidazole rings is 1. The van der Waals surface area contributed by atoms with E-state index in [1.54, 1.807) is 17.1 Å². The van der Waals surface area contributed by atoms with E-state index in [9.17, 15) is 8.42 Å². The van der Waals surface area contributed by atoms with Crippen molar-refractivity contribution in [3.8, 4) is 0 Å². The fourth-order valence-corrected chi connectivity index (χ4v) is 1.69. The van der Waals surface area contributed by atoms with E-state index in [4.69, 9.17) is 5.73 Å². The van der Waals surface area contributed by atoms with E-state index >= 15 is 0 Å². The SMILES string of the molecule is C[C@H](N)c1cncn1CCS(C)(=O)=O. The van der Waals surface area contributed by atoms with Gasteiger partial charge in [-0.25, -0.2) is 13.4 Å². The molecule has 1 aromatic heterocycles. The zero-order chi connectivity index (χ0) is 10.8. The van der Waals surface area contributed by atoms with E-state index < -0.39 is 9.84 Å². The fourth-order valence-electron chi connectivity index (χ4n) is 1.16. The third kappa shape index (κ3) is 3.12. The molecule has 0 saturated carbocycles. The summed E-state index contributed by atoms with van der Waals surface area (Å²) in [6.07, 6.45) is 4.48. The lowest BCUT2D eigenvalue weighted by atomic mass is 10.3. The summed E-state index contributed by atoms with van der Waals surface area (Å²) in [5.41, 5.74) is 6.54. The number of nitrogens with zero attached hydrogens (tertiary/aromatic N) is 2. The first-order valence-electron chi connectivity index (χ1n) is 4.33. The van der Waals surface area contributed by atoms with Crippen molar-refractivity contribution >= 4 is 9.84 Å². The maximum Gasteiger partial charge on any atom is 0.149 e. The van der Waals surface area contributed by atoms with Gasteiger partial charge in [0.25, 0.3) is 0 Å². The Balaban J connectivity index is 2.72. The van der Waals surface area contributed by atoms with Crippen LogP contribution in [0.1, 0.15) is 18.7 Å². The predicted molar refractivity (Wildman–Crippen MR) is 54.5 cm³/mol. The third-order valence-electron chi connectivity index (χ3n) is 1.91. The zero-order valence-corrected chi connectivity index (χ0v) is 9.16.